The second-order valence-corrected chi connectivity index (χ2v) is 7.50. The number of amides is 3. The minimum absolute atomic E-state index is 0.00764. The van der Waals surface area contributed by atoms with E-state index in [0.717, 1.165) is 5.56 Å². The Hall–Kier alpha value is -2.91. The van der Waals surface area contributed by atoms with Crippen LogP contribution in [0, 0.1) is 5.92 Å². The van der Waals surface area contributed by atoms with Crippen LogP contribution in [0.2, 0.25) is 0 Å². The van der Waals surface area contributed by atoms with E-state index in [-0.39, 0.29) is 24.8 Å². The van der Waals surface area contributed by atoms with E-state index < -0.39 is 23.9 Å². The maximum absolute atomic E-state index is 13.0. The monoisotopic (exact) mass is 434 g/mol. The summed E-state index contributed by atoms with van der Waals surface area (Å²) in [6, 6.07) is 8.34. The van der Waals surface area contributed by atoms with Crippen molar-refractivity contribution in [2.24, 2.45) is 11.7 Å². The molecular weight excluding hydrogens is 400 g/mol. The highest BCUT2D eigenvalue weighted by atomic mass is 16.5. The SMILES string of the molecule is CC(C)C[C@H](NC(=O)OCc1ccccc1)C(=O)N(C)/C(=C/CCNCCO)C(N)=O. The van der Waals surface area contributed by atoms with E-state index in [9.17, 15) is 14.4 Å². The first-order valence-electron chi connectivity index (χ1n) is 10.3. The molecule has 172 valence electrons. The van der Waals surface area contributed by atoms with Gasteiger partial charge >= 0.3 is 6.09 Å². The number of nitrogens with two attached hydrogens (primary N) is 1. The minimum atomic E-state index is -0.872. The van der Waals surface area contributed by atoms with E-state index >= 15 is 0 Å². The quantitative estimate of drug-likeness (QED) is 0.272. The lowest BCUT2D eigenvalue weighted by molar-refractivity contribution is -0.133. The van der Waals surface area contributed by atoms with Crippen LogP contribution in [-0.4, -0.2) is 60.7 Å². The molecular formula is C22H34N4O5. The van der Waals surface area contributed by atoms with Gasteiger partial charge in [-0.1, -0.05) is 50.3 Å². The highest BCUT2D eigenvalue weighted by molar-refractivity contribution is 5.98. The third-order valence-electron chi connectivity index (χ3n) is 4.40. The normalized spacial score (nSPS) is 12.4. The molecule has 0 spiro atoms. The Labute approximate surface area is 183 Å². The zero-order valence-electron chi connectivity index (χ0n) is 18.5. The highest BCUT2D eigenvalue weighted by Crippen LogP contribution is 2.12. The van der Waals surface area contributed by atoms with Gasteiger partial charge in [0.15, 0.2) is 0 Å². The molecule has 0 saturated carbocycles. The molecule has 0 radical (unpaired) electrons. The molecule has 0 bridgehead atoms. The predicted molar refractivity (Wildman–Crippen MR) is 118 cm³/mol. The zero-order chi connectivity index (χ0) is 23.2. The van der Waals surface area contributed by atoms with Gasteiger partial charge in [-0.25, -0.2) is 4.79 Å². The first-order valence-corrected chi connectivity index (χ1v) is 10.3. The summed E-state index contributed by atoms with van der Waals surface area (Å²) >= 11 is 0. The molecule has 0 unspecified atom stereocenters. The Balaban J connectivity index is 2.79. The summed E-state index contributed by atoms with van der Waals surface area (Å²) in [5.41, 5.74) is 6.33. The summed E-state index contributed by atoms with van der Waals surface area (Å²) in [7, 11) is 1.45. The van der Waals surface area contributed by atoms with Crippen LogP contribution >= 0.6 is 0 Å². The Morgan fingerprint density at radius 1 is 1.19 bits per heavy atom. The largest absolute Gasteiger partial charge is 0.445 e. The molecule has 5 N–H and O–H groups in total. The number of nitrogens with one attached hydrogen (secondary N) is 2. The molecule has 3 amide bonds. The molecule has 0 aliphatic rings. The topological polar surface area (TPSA) is 134 Å². The van der Waals surface area contributed by atoms with Crippen LogP contribution in [0.4, 0.5) is 4.79 Å². The van der Waals surface area contributed by atoms with Gasteiger partial charge < -0.3 is 31.1 Å². The van der Waals surface area contributed by atoms with Crippen LogP contribution < -0.4 is 16.4 Å². The van der Waals surface area contributed by atoms with E-state index in [1.807, 2.05) is 44.2 Å². The van der Waals surface area contributed by atoms with Crippen LogP contribution in [0.1, 0.15) is 32.3 Å². The molecule has 0 aliphatic carbocycles. The highest BCUT2D eigenvalue weighted by Gasteiger charge is 2.28. The fourth-order valence-corrected chi connectivity index (χ4v) is 2.87. The third-order valence-corrected chi connectivity index (χ3v) is 4.40. The predicted octanol–water partition coefficient (Wildman–Crippen LogP) is 1.13. The summed E-state index contributed by atoms with van der Waals surface area (Å²) in [5.74, 6) is -1.09. The summed E-state index contributed by atoms with van der Waals surface area (Å²) in [4.78, 5) is 38.3. The average Bonchev–Trinajstić information content (AvgIpc) is 2.73. The Morgan fingerprint density at radius 2 is 1.87 bits per heavy atom. The number of alkyl carbamates (subject to hydrolysis) is 1. The Morgan fingerprint density at radius 3 is 2.45 bits per heavy atom. The number of hydrogen-bond acceptors (Lipinski definition) is 6. The van der Waals surface area contributed by atoms with E-state index in [1.54, 1.807) is 6.08 Å². The van der Waals surface area contributed by atoms with Crippen molar-refractivity contribution < 1.29 is 24.2 Å². The number of aliphatic hydroxyl groups is 1. The van der Waals surface area contributed by atoms with Crippen LogP contribution in [0.15, 0.2) is 42.1 Å². The molecule has 1 rings (SSSR count). The van der Waals surface area contributed by atoms with Gasteiger partial charge in [0.05, 0.1) is 6.61 Å². The molecule has 1 atom stereocenters. The first-order chi connectivity index (χ1) is 14.8. The lowest BCUT2D eigenvalue weighted by atomic mass is 10.0. The number of aliphatic hydroxyl groups excluding tert-OH is 1. The molecule has 31 heavy (non-hydrogen) atoms. The number of benzene rings is 1. The molecule has 9 heteroatoms. The van der Waals surface area contributed by atoms with Gasteiger partial charge in [-0.3, -0.25) is 9.59 Å². The lowest BCUT2D eigenvalue weighted by Gasteiger charge is -2.26. The number of hydrogen-bond donors (Lipinski definition) is 4. The van der Waals surface area contributed by atoms with Crippen molar-refractivity contribution in [2.75, 3.05) is 26.7 Å². The standard InChI is InChI=1S/C22H34N4O5/c1-16(2)14-18(25-22(30)31-15-17-8-5-4-6-9-17)21(29)26(3)19(20(23)28)10-7-11-24-12-13-27/h4-6,8-10,16,18,24,27H,7,11-15H2,1-3H3,(H2,23,28)(H,25,30)/b19-10+/t18-/m0/s1. The van der Waals surface area contributed by atoms with Gasteiger partial charge in [-0.05, 0) is 30.9 Å². The van der Waals surface area contributed by atoms with Gasteiger partial charge in [0.25, 0.3) is 5.91 Å². The van der Waals surface area contributed by atoms with Gasteiger partial charge in [-0.15, -0.1) is 0 Å². The molecule has 0 saturated heterocycles. The fraction of sp³-hybridized carbons (Fsp3) is 0.500. The zero-order valence-corrected chi connectivity index (χ0v) is 18.5. The van der Waals surface area contributed by atoms with Crippen LogP contribution in [0.25, 0.3) is 0 Å². The van der Waals surface area contributed by atoms with E-state index in [1.165, 1.54) is 11.9 Å². The van der Waals surface area contributed by atoms with E-state index in [2.05, 4.69) is 10.6 Å². The van der Waals surface area contributed by atoms with Crippen molar-refractivity contribution in [1.29, 1.82) is 0 Å². The summed E-state index contributed by atoms with van der Waals surface area (Å²) < 4.78 is 5.22. The number of rotatable bonds is 13. The molecule has 0 aromatic heterocycles. The van der Waals surface area contributed by atoms with Crippen LogP contribution in [0.3, 0.4) is 0 Å². The van der Waals surface area contributed by atoms with Crippen LogP contribution in [0.5, 0.6) is 0 Å². The summed E-state index contributed by atoms with van der Waals surface area (Å²) in [5, 5.41) is 14.4. The number of primary amides is 1. The van der Waals surface area contributed by atoms with Crippen molar-refractivity contribution in [3.8, 4) is 0 Å². The Kier molecular flexibility index (Phi) is 11.9. The van der Waals surface area contributed by atoms with E-state index in [4.69, 9.17) is 15.6 Å². The molecule has 0 heterocycles. The summed E-state index contributed by atoms with van der Waals surface area (Å²) in [6.07, 6.45) is 1.66. The van der Waals surface area contributed by atoms with Gasteiger partial charge in [-0.2, -0.15) is 0 Å². The number of ether oxygens (including phenoxy) is 1. The molecule has 9 nitrogen and oxygen atoms in total. The molecule has 1 aromatic carbocycles. The van der Waals surface area contributed by atoms with Crippen molar-refractivity contribution in [1.82, 2.24) is 15.5 Å². The maximum Gasteiger partial charge on any atom is 0.408 e. The Bertz CT molecular complexity index is 737. The van der Waals surface area contributed by atoms with Gasteiger partial charge in [0, 0.05) is 13.6 Å². The van der Waals surface area contributed by atoms with Gasteiger partial charge in [0.2, 0.25) is 5.91 Å². The van der Waals surface area contributed by atoms with Crippen molar-refractivity contribution in [3.05, 3.63) is 47.7 Å². The fourth-order valence-electron chi connectivity index (χ4n) is 2.87. The molecule has 1 aromatic rings. The lowest BCUT2D eigenvalue weighted by Crippen LogP contribution is -2.49. The number of carbonyl (C=O) groups excluding carboxylic acids is 3. The average molecular weight is 435 g/mol. The first kappa shape index (κ1) is 26.1. The summed E-state index contributed by atoms with van der Waals surface area (Å²) in [6.45, 7) is 4.88. The van der Waals surface area contributed by atoms with Gasteiger partial charge in [0.1, 0.15) is 18.3 Å². The third kappa shape index (κ3) is 10.1. The molecule has 0 fully saturated rings. The smallest absolute Gasteiger partial charge is 0.408 e. The number of nitrogens with zero attached hydrogens (tertiary/aromatic N) is 1. The second-order valence-electron chi connectivity index (χ2n) is 7.50. The minimum Gasteiger partial charge on any atom is -0.445 e. The van der Waals surface area contributed by atoms with Crippen molar-refractivity contribution in [3.63, 3.8) is 0 Å². The number of carbonyl (C=O) groups is 3. The number of likely N-dealkylation sites (N-methyl/N-ethyl adjacent to an activating group) is 1. The molecule has 0 aliphatic heterocycles. The van der Waals surface area contributed by atoms with Crippen molar-refractivity contribution >= 4 is 17.9 Å². The van der Waals surface area contributed by atoms with E-state index in [0.29, 0.717) is 25.9 Å². The van der Waals surface area contributed by atoms with Crippen molar-refractivity contribution in [2.45, 2.75) is 39.3 Å². The maximum atomic E-state index is 13.0. The second kappa shape index (κ2) is 14.2. The van der Waals surface area contributed by atoms with Crippen LogP contribution in [-0.2, 0) is 20.9 Å².